The molecule has 18 heavy (non-hydrogen) atoms. The lowest BCUT2D eigenvalue weighted by molar-refractivity contribution is -0.154. The van der Waals surface area contributed by atoms with Gasteiger partial charge in [0.25, 0.3) is 0 Å². The number of hydrogen-bond acceptors (Lipinski definition) is 1. The molecule has 4 aliphatic rings. The molecular formula is C17H22O. The molecule has 0 aromatic heterocycles. The third-order valence-electron chi connectivity index (χ3n) is 5.80. The molecule has 5 rings (SSSR count). The second-order valence-corrected chi connectivity index (χ2v) is 7.08. The zero-order valence-electron chi connectivity index (χ0n) is 10.9. The van der Waals surface area contributed by atoms with Crippen molar-refractivity contribution in [2.45, 2.75) is 44.6 Å². The molecule has 0 amide bonds. The quantitative estimate of drug-likeness (QED) is 0.842. The van der Waals surface area contributed by atoms with Gasteiger partial charge in [-0.3, -0.25) is 0 Å². The Hall–Kier alpha value is -0.820. The van der Waals surface area contributed by atoms with Gasteiger partial charge in [-0.15, -0.1) is 0 Å². The van der Waals surface area contributed by atoms with Gasteiger partial charge in [-0.05, 0) is 61.8 Å². The van der Waals surface area contributed by atoms with Crippen molar-refractivity contribution in [2.75, 3.05) is 0 Å². The van der Waals surface area contributed by atoms with Crippen LogP contribution in [0.1, 0.15) is 37.7 Å². The fourth-order valence-corrected chi connectivity index (χ4v) is 5.43. The van der Waals surface area contributed by atoms with Crippen LogP contribution in [0.15, 0.2) is 30.3 Å². The van der Waals surface area contributed by atoms with Crippen LogP contribution >= 0.6 is 0 Å². The van der Waals surface area contributed by atoms with Gasteiger partial charge in [-0.25, -0.2) is 0 Å². The Morgan fingerprint density at radius 1 is 1.00 bits per heavy atom. The molecule has 1 N–H and O–H groups in total. The highest BCUT2D eigenvalue weighted by atomic mass is 16.3. The first-order valence-electron chi connectivity index (χ1n) is 7.47. The Balaban J connectivity index is 1.65. The SMILES string of the molecule is OC1C2CC3CC(C2)CC1(Cc1ccccc1)C3. The second kappa shape index (κ2) is 3.84. The summed E-state index contributed by atoms with van der Waals surface area (Å²) in [6.45, 7) is 0. The minimum absolute atomic E-state index is 0.0366. The van der Waals surface area contributed by atoms with Crippen molar-refractivity contribution in [1.29, 1.82) is 0 Å². The van der Waals surface area contributed by atoms with E-state index in [1.807, 2.05) is 0 Å². The Morgan fingerprint density at radius 2 is 1.67 bits per heavy atom. The van der Waals surface area contributed by atoms with E-state index in [1.165, 1.54) is 37.7 Å². The number of hydrogen-bond donors (Lipinski definition) is 1. The van der Waals surface area contributed by atoms with Gasteiger partial charge in [0.05, 0.1) is 6.10 Å². The largest absolute Gasteiger partial charge is 0.392 e. The molecule has 4 fully saturated rings. The van der Waals surface area contributed by atoms with E-state index in [2.05, 4.69) is 30.3 Å². The van der Waals surface area contributed by atoms with Crippen molar-refractivity contribution in [1.82, 2.24) is 0 Å². The molecule has 4 saturated carbocycles. The van der Waals surface area contributed by atoms with Gasteiger partial charge in [-0.1, -0.05) is 30.3 Å². The van der Waals surface area contributed by atoms with Crippen LogP contribution in [0.25, 0.3) is 0 Å². The van der Waals surface area contributed by atoms with Crippen molar-refractivity contribution < 1.29 is 5.11 Å². The van der Waals surface area contributed by atoms with Crippen molar-refractivity contribution in [2.24, 2.45) is 23.2 Å². The number of aliphatic hydroxyl groups is 1. The van der Waals surface area contributed by atoms with Gasteiger partial charge in [0.1, 0.15) is 0 Å². The summed E-state index contributed by atoms with van der Waals surface area (Å²) in [7, 11) is 0. The molecule has 96 valence electrons. The van der Waals surface area contributed by atoms with Crippen LogP contribution < -0.4 is 0 Å². The van der Waals surface area contributed by atoms with Crippen LogP contribution in [0.4, 0.5) is 0 Å². The molecule has 0 saturated heterocycles. The van der Waals surface area contributed by atoms with E-state index in [0.29, 0.717) is 5.92 Å². The third kappa shape index (κ3) is 1.56. The first-order chi connectivity index (χ1) is 8.75. The van der Waals surface area contributed by atoms with Crippen LogP contribution in [0.3, 0.4) is 0 Å². The molecule has 1 nitrogen and oxygen atoms in total. The van der Waals surface area contributed by atoms with E-state index in [4.69, 9.17) is 0 Å². The summed E-state index contributed by atoms with van der Waals surface area (Å²) in [4.78, 5) is 0. The lowest BCUT2D eigenvalue weighted by Gasteiger charge is -2.59. The fourth-order valence-electron chi connectivity index (χ4n) is 5.43. The second-order valence-electron chi connectivity index (χ2n) is 7.08. The van der Waals surface area contributed by atoms with Crippen molar-refractivity contribution in [3.8, 4) is 0 Å². The number of rotatable bonds is 2. The van der Waals surface area contributed by atoms with E-state index in [0.717, 1.165) is 18.3 Å². The first-order valence-corrected chi connectivity index (χ1v) is 7.47. The molecule has 0 radical (unpaired) electrons. The van der Waals surface area contributed by atoms with Crippen molar-refractivity contribution >= 4 is 0 Å². The maximum absolute atomic E-state index is 10.7. The summed E-state index contributed by atoms with van der Waals surface area (Å²) in [5.74, 6) is 2.43. The average Bonchev–Trinajstić information content (AvgIpc) is 2.36. The molecular weight excluding hydrogens is 220 g/mol. The molecule has 0 spiro atoms. The van der Waals surface area contributed by atoms with Crippen molar-refractivity contribution in [3.63, 3.8) is 0 Å². The highest BCUT2D eigenvalue weighted by Crippen LogP contribution is 2.61. The summed E-state index contributed by atoms with van der Waals surface area (Å²) in [6, 6.07) is 10.8. The normalized spacial score (nSPS) is 45.4. The van der Waals surface area contributed by atoms with Gasteiger partial charge < -0.3 is 5.11 Å². The lowest BCUT2D eigenvalue weighted by atomic mass is 9.47. The Labute approximate surface area is 109 Å². The lowest BCUT2D eigenvalue weighted by Crippen LogP contribution is -2.56. The van der Waals surface area contributed by atoms with Crippen LogP contribution in [0.5, 0.6) is 0 Å². The van der Waals surface area contributed by atoms with E-state index in [9.17, 15) is 5.11 Å². The summed E-state index contributed by atoms with van der Waals surface area (Å²) in [5.41, 5.74) is 1.63. The molecule has 3 atom stereocenters. The smallest absolute Gasteiger partial charge is 0.0628 e. The molecule has 1 aromatic carbocycles. The topological polar surface area (TPSA) is 20.2 Å². The third-order valence-corrected chi connectivity index (χ3v) is 5.80. The molecule has 4 bridgehead atoms. The standard InChI is InChI=1S/C17H22O/c18-16-15-7-13-6-14(8-15)11-17(16,10-13)9-12-4-2-1-3-5-12/h1-5,13-16,18H,6-11H2. The zero-order chi connectivity index (χ0) is 12.2. The minimum atomic E-state index is -0.0366. The minimum Gasteiger partial charge on any atom is -0.392 e. The molecule has 0 aliphatic heterocycles. The predicted octanol–water partition coefficient (Wildman–Crippen LogP) is 3.42. The highest BCUT2D eigenvalue weighted by molar-refractivity contribution is 5.19. The summed E-state index contributed by atoms with van der Waals surface area (Å²) in [6.07, 6.45) is 7.65. The fraction of sp³-hybridized carbons (Fsp3) is 0.647. The van der Waals surface area contributed by atoms with Gasteiger partial charge in [0, 0.05) is 5.41 Å². The van der Waals surface area contributed by atoms with Gasteiger partial charge in [0.15, 0.2) is 0 Å². The molecule has 4 aliphatic carbocycles. The zero-order valence-corrected chi connectivity index (χ0v) is 10.9. The van der Waals surface area contributed by atoms with Crippen LogP contribution in [0.2, 0.25) is 0 Å². The molecule has 1 aromatic rings. The summed E-state index contributed by atoms with van der Waals surface area (Å²) < 4.78 is 0. The van der Waals surface area contributed by atoms with Crippen LogP contribution in [0, 0.1) is 23.2 Å². The Morgan fingerprint density at radius 3 is 2.33 bits per heavy atom. The molecule has 3 unspecified atom stereocenters. The molecule has 0 heterocycles. The van der Waals surface area contributed by atoms with E-state index in [1.54, 1.807) is 0 Å². The van der Waals surface area contributed by atoms with Crippen LogP contribution in [-0.4, -0.2) is 11.2 Å². The van der Waals surface area contributed by atoms with E-state index in [-0.39, 0.29) is 11.5 Å². The maximum Gasteiger partial charge on any atom is 0.0628 e. The van der Waals surface area contributed by atoms with E-state index >= 15 is 0 Å². The number of benzene rings is 1. The summed E-state index contributed by atoms with van der Waals surface area (Å²) >= 11 is 0. The van der Waals surface area contributed by atoms with Crippen molar-refractivity contribution in [3.05, 3.63) is 35.9 Å². The Bertz CT molecular complexity index is 424. The van der Waals surface area contributed by atoms with E-state index < -0.39 is 0 Å². The average molecular weight is 242 g/mol. The van der Waals surface area contributed by atoms with Gasteiger partial charge in [0.2, 0.25) is 0 Å². The maximum atomic E-state index is 10.7. The van der Waals surface area contributed by atoms with Gasteiger partial charge in [-0.2, -0.15) is 0 Å². The van der Waals surface area contributed by atoms with Crippen LogP contribution in [-0.2, 0) is 6.42 Å². The summed E-state index contributed by atoms with van der Waals surface area (Å²) in [5, 5.41) is 10.7. The first kappa shape index (κ1) is 11.0. The highest BCUT2D eigenvalue weighted by Gasteiger charge is 2.56. The number of aliphatic hydroxyl groups excluding tert-OH is 1. The Kier molecular flexibility index (Phi) is 2.35. The predicted molar refractivity (Wildman–Crippen MR) is 72.1 cm³/mol. The molecule has 1 heteroatoms. The van der Waals surface area contributed by atoms with Gasteiger partial charge >= 0.3 is 0 Å². The monoisotopic (exact) mass is 242 g/mol.